The molecule has 6 heteroatoms. The smallest absolute Gasteiger partial charge is 0.256 e. The number of unbranched alkanes of at least 4 members (excludes halogenated alkanes) is 3. The van der Waals surface area contributed by atoms with Gasteiger partial charge in [0, 0.05) is 18.5 Å². The Morgan fingerprint density at radius 3 is 2.57 bits per heavy atom. The summed E-state index contributed by atoms with van der Waals surface area (Å²) < 4.78 is 0. The summed E-state index contributed by atoms with van der Waals surface area (Å²) in [5.41, 5.74) is 1.47. The van der Waals surface area contributed by atoms with Gasteiger partial charge in [0.25, 0.3) is 5.91 Å². The second-order valence-corrected chi connectivity index (χ2v) is 8.30. The van der Waals surface area contributed by atoms with Crippen LogP contribution in [-0.4, -0.2) is 46.4 Å². The number of imide groups is 1. The summed E-state index contributed by atoms with van der Waals surface area (Å²) in [7, 11) is 0. The normalized spacial score (nSPS) is 23.2. The monoisotopic (exact) mass is 412 g/mol. The molecule has 2 fully saturated rings. The number of hydrogen-bond donors (Lipinski definition) is 2. The van der Waals surface area contributed by atoms with Crippen molar-refractivity contribution in [1.82, 2.24) is 10.2 Å². The standard InChI is InChI=1S/C24H32N2O4/c27-21-13-8-7-12-20(21)25-22(28)14-6-1-2-9-15-26-23(29)17-19(24(26)30)16-18-10-4-3-5-11-18/h3-5,10-11,16,20-21,27H,1-2,6-9,12-15,17H2,(H,25,28)/b19-16+/t20-,21-/m0/s1. The van der Waals surface area contributed by atoms with Gasteiger partial charge in [0.05, 0.1) is 18.6 Å². The third-order valence-corrected chi connectivity index (χ3v) is 5.91. The third-order valence-electron chi connectivity index (χ3n) is 5.91. The van der Waals surface area contributed by atoms with Crippen LogP contribution >= 0.6 is 0 Å². The van der Waals surface area contributed by atoms with Crippen molar-refractivity contribution in [3.8, 4) is 0 Å². The van der Waals surface area contributed by atoms with Crippen LogP contribution in [0.3, 0.4) is 0 Å². The molecule has 3 amide bonds. The maximum atomic E-state index is 12.5. The number of nitrogens with one attached hydrogen (secondary N) is 1. The van der Waals surface area contributed by atoms with Crippen LogP contribution in [0.5, 0.6) is 0 Å². The van der Waals surface area contributed by atoms with Gasteiger partial charge >= 0.3 is 0 Å². The summed E-state index contributed by atoms with van der Waals surface area (Å²) in [6, 6.07) is 9.46. The minimum absolute atomic E-state index is 0.00143. The average Bonchev–Trinajstić information content (AvgIpc) is 3.00. The average molecular weight is 413 g/mol. The van der Waals surface area contributed by atoms with Crippen LogP contribution in [-0.2, 0) is 14.4 Å². The lowest BCUT2D eigenvalue weighted by Crippen LogP contribution is -2.44. The molecular formula is C24H32N2O4. The first-order chi connectivity index (χ1) is 14.5. The van der Waals surface area contributed by atoms with E-state index in [1.807, 2.05) is 30.3 Å². The summed E-state index contributed by atoms with van der Waals surface area (Å²) in [4.78, 5) is 38.1. The van der Waals surface area contributed by atoms with Crippen LogP contribution in [0, 0.1) is 0 Å². The van der Waals surface area contributed by atoms with Crippen LogP contribution in [0.1, 0.15) is 69.8 Å². The molecule has 6 nitrogen and oxygen atoms in total. The van der Waals surface area contributed by atoms with Crippen molar-refractivity contribution in [3.63, 3.8) is 0 Å². The molecule has 3 rings (SSSR count). The van der Waals surface area contributed by atoms with E-state index in [4.69, 9.17) is 0 Å². The molecule has 0 bridgehead atoms. The molecule has 1 aromatic rings. The highest BCUT2D eigenvalue weighted by molar-refractivity contribution is 6.15. The molecule has 1 saturated carbocycles. The number of rotatable bonds is 9. The zero-order valence-corrected chi connectivity index (χ0v) is 17.5. The first-order valence-corrected chi connectivity index (χ1v) is 11.1. The lowest BCUT2D eigenvalue weighted by molar-refractivity contribution is -0.137. The van der Waals surface area contributed by atoms with Crippen molar-refractivity contribution < 1.29 is 19.5 Å². The van der Waals surface area contributed by atoms with Gasteiger partial charge < -0.3 is 10.4 Å². The highest BCUT2D eigenvalue weighted by atomic mass is 16.3. The SMILES string of the molecule is O=C(CCCCCCN1C(=O)C/C(=C\c2ccccc2)C1=O)N[C@H]1CCCC[C@@H]1O. The Labute approximate surface area is 178 Å². The van der Waals surface area contributed by atoms with Gasteiger partial charge in [0.15, 0.2) is 0 Å². The van der Waals surface area contributed by atoms with Gasteiger partial charge in [-0.15, -0.1) is 0 Å². The maximum Gasteiger partial charge on any atom is 0.256 e. The number of hydrogen-bond acceptors (Lipinski definition) is 4. The second kappa shape index (κ2) is 11.1. The number of nitrogens with zero attached hydrogens (tertiary/aromatic N) is 1. The second-order valence-electron chi connectivity index (χ2n) is 8.30. The van der Waals surface area contributed by atoms with Gasteiger partial charge in [0.1, 0.15) is 0 Å². The minimum atomic E-state index is -0.418. The topological polar surface area (TPSA) is 86.7 Å². The maximum absolute atomic E-state index is 12.5. The summed E-state index contributed by atoms with van der Waals surface area (Å²) in [5, 5.41) is 12.9. The number of carbonyl (C=O) groups is 3. The van der Waals surface area contributed by atoms with Gasteiger partial charge in [0.2, 0.25) is 11.8 Å². The predicted octanol–water partition coefficient (Wildman–Crippen LogP) is 3.20. The van der Waals surface area contributed by atoms with Crippen LogP contribution in [0.2, 0.25) is 0 Å². The van der Waals surface area contributed by atoms with E-state index in [1.54, 1.807) is 6.08 Å². The highest BCUT2D eigenvalue weighted by Gasteiger charge is 2.33. The van der Waals surface area contributed by atoms with Crippen molar-refractivity contribution in [2.45, 2.75) is 76.4 Å². The van der Waals surface area contributed by atoms with Crippen LogP contribution in [0.15, 0.2) is 35.9 Å². The molecule has 1 aliphatic heterocycles. The molecule has 0 spiro atoms. The number of amides is 3. The van der Waals surface area contributed by atoms with E-state index < -0.39 is 6.10 Å². The fourth-order valence-electron chi connectivity index (χ4n) is 4.18. The molecule has 1 aliphatic carbocycles. The molecule has 2 aliphatic rings. The first-order valence-electron chi connectivity index (χ1n) is 11.1. The number of likely N-dealkylation sites (tertiary alicyclic amines) is 1. The fourth-order valence-corrected chi connectivity index (χ4v) is 4.18. The van der Waals surface area contributed by atoms with E-state index >= 15 is 0 Å². The van der Waals surface area contributed by atoms with E-state index in [2.05, 4.69) is 5.32 Å². The zero-order valence-electron chi connectivity index (χ0n) is 17.5. The van der Waals surface area contributed by atoms with Gasteiger partial charge in [-0.05, 0) is 37.3 Å². The Balaban J connectivity index is 1.32. The number of aliphatic hydroxyl groups excluding tert-OH is 1. The molecule has 162 valence electrons. The van der Waals surface area contributed by atoms with Gasteiger partial charge in [-0.3, -0.25) is 19.3 Å². The van der Waals surface area contributed by atoms with E-state index in [9.17, 15) is 19.5 Å². The Morgan fingerprint density at radius 2 is 1.80 bits per heavy atom. The lowest BCUT2D eigenvalue weighted by atomic mass is 9.92. The summed E-state index contributed by atoms with van der Waals surface area (Å²) >= 11 is 0. The molecule has 1 aromatic carbocycles. The van der Waals surface area contributed by atoms with Crippen molar-refractivity contribution in [3.05, 3.63) is 41.5 Å². The Morgan fingerprint density at radius 1 is 1.07 bits per heavy atom. The van der Waals surface area contributed by atoms with Crippen molar-refractivity contribution >= 4 is 23.8 Å². The minimum Gasteiger partial charge on any atom is -0.391 e. The molecular weight excluding hydrogens is 380 g/mol. The fraction of sp³-hybridized carbons (Fsp3) is 0.542. The molecule has 1 saturated heterocycles. The molecule has 0 unspecified atom stereocenters. The van der Waals surface area contributed by atoms with E-state index in [0.717, 1.165) is 56.9 Å². The summed E-state index contributed by atoms with van der Waals surface area (Å²) in [6.07, 6.45) is 8.97. The van der Waals surface area contributed by atoms with Gasteiger partial charge in [-0.2, -0.15) is 0 Å². The zero-order chi connectivity index (χ0) is 21.3. The van der Waals surface area contributed by atoms with Gasteiger partial charge in [-0.1, -0.05) is 56.0 Å². The third kappa shape index (κ3) is 6.26. The van der Waals surface area contributed by atoms with Crippen LogP contribution in [0.25, 0.3) is 6.08 Å². The van der Waals surface area contributed by atoms with Crippen LogP contribution in [0.4, 0.5) is 0 Å². The van der Waals surface area contributed by atoms with E-state index in [0.29, 0.717) is 18.5 Å². The lowest BCUT2D eigenvalue weighted by Gasteiger charge is -2.28. The van der Waals surface area contributed by atoms with Crippen molar-refractivity contribution in [2.24, 2.45) is 0 Å². The molecule has 0 aromatic heterocycles. The molecule has 30 heavy (non-hydrogen) atoms. The summed E-state index contributed by atoms with van der Waals surface area (Å²) in [5.74, 6) is -0.316. The molecule has 1 heterocycles. The largest absolute Gasteiger partial charge is 0.391 e. The first kappa shape index (κ1) is 22.2. The Kier molecular flexibility index (Phi) is 8.20. The van der Waals surface area contributed by atoms with E-state index in [-0.39, 0.29) is 30.2 Å². The molecule has 0 radical (unpaired) electrons. The van der Waals surface area contributed by atoms with Crippen LogP contribution < -0.4 is 5.32 Å². The van der Waals surface area contributed by atoms with Crippen molar-refractivity contribution in [1.29, 1.82) is 0 Å². The Hall–Kier alpha value is -2.47. The Bertz CT molecular complexity index is 775. The van der Waals surface area contributed by atoms with Crippen molar-refractivity contribution in [2.75, 3.05) is 6.54 Å². The number of carbonyl (C=O) groups excluding carboxylic acids is 3. The summed E-state index contributed by atoms with van der Waals surface area (Å²) in [6.45, 7) is 0.435. The van der Waals surface area contributed by atoms with E-state index in [1.165, 1.54) is 4.90 Å². The quantitative estimate of drug-likeness (QED) is 0.370. The number of aliphatic hydroxyl groups is 1. The molecule has 2 N–H and O–H groups in total. The molecule has 2 atom stereocenters. The highest BCUT2D eigenvalue weighted by Crippen LogP contribution is 2.22. The predicted molar refractivity (Wildman–Crippen MR) is 115 cm³/mol. The van der Waals surface area contributed by atoms with Gasteiger partial charge in [-0.25, -0.2) is 0 Å². The number of benzene rings is 1.